The summed E-state index contributed by atoms with van der Waals surface area (Å²) in [6, 6.07) is 9.12. The number of anilines is 3. The number of nitrogen functional groups attached to an aromatic ring is 1. The summed E-state index contributed by atoms with van der Waals surface area (Å²) >= 11 is 7.41. The molecule has 0 unspecified atom stereocenters. The summed E-state index contributed by atoms with van der Waals surface area (Å²) in [7, 11) is 0. The fraction of sp³-hybridized carbons (Fsp3) is 0.250. The van der Waals surface area contributed by atoms with Gasteiger partial charge in [0.15, 0.2) is 5.69 Å². The van der Waals surface area contributed by atoms with Crippen LogP contribution in [0.2, 0.25) is 4.34 Å². The summed E-state index contributed by atoms with van der Waals surface area (Å²) in [5, 5.41) is 2.91. The number of nitrogens with two attached hydrogens (primary N) is 2. The summed E-state index contributed by atoms with van der Waals surface area (Å²) in [5.74, 6) is -0.387. The number of nitrogens with one attached hydrogen (secondary N) is 1. The average Bonchev–Trinajstić information content (AvgIpc) is 3.15. The Kier molecular flexibility index (Phi) is 5.66. The van der Waals surface area contributed by atoms with Crippen LogP contribution in [0.3, 0.4) is 0 Å². The van der Waals surface area contributed by atoms with E-state index in [2.05, 4.69) is 20.2 Å². The largest absolute Gasteiger partial charge is 0.397 e. The third kappa shape index (κ3) is 4.34. The number of hydrogen-bond donors (Lipinski definition) is 3. The van der Waals surface area contributed by atoms with E-state index in [9.17, 15) is 4.79 Å². The molecule has 0 bridgehead atoms. The lowest BCUT2D eigenvalue weighted by atomic mass is 10.1. The van der Waals surface area contributed by atoms with Crippen molar-refractivity contribution in [1.29, 1.82) is 0 Å². The van der Waals surface area contributed by atoms with E-state index in [1.807, 2.05) is 12.1 Å². The summed E-state index contributed by atoms with van der Waals surface area (Å²) in [5.41, 5.74) is 14.8. The Morgan fingerprint density at radius 1 is 1.28 bits per heavy atom. The smallest absolute Gasteiger partial charge is 0.276 e. The van der Waals surface area contributed by atoms with Crippen molar-refractivity contribution >= 4 is 45.9 Å². The van der Waals surface area contributed by atoms with Crippen molar-refractivity contribution in [3.8, 4) is 10.6 Å². The van der Waals surface area contributed by atoms with Crippen molar-refractivity contribution in [2.75, 3.05) is 29.0 Å². The lowest BCUT2D eigenvalue weighted by Crippen LogP contribution is -2.43. The molecule has 9 heteroatoms. The minimum atomic E-state index is -0.387. The van der Waals surface area contributed by atoms with Gasteiger partial charge in [-0.3, -0.25) is 9.78 Å². The molecule has 4 rings (SSSR count). The van der Waals surface area contributed by atoms with Crippen LogP contribution in [-0.4, -0.2) is 35.0 Å². The van der Waals surface area contributed by atoms with E-state index in [1.165, 1.54) is 11.3 Å². The van der Waals surface area contributed by atoms with Crippen molar-refractivity contribution in [1.82, 2.24) is 9.97 Å². The number of nitrogens with zero attached hydrogens (tertiary/aromatic N) is 3. The van der Waals surface area contributed by atoms with E-state index < -0.39 is 0 Å². The second kappa shape index (κ2) is 8.36. The molecule has 0 saturated carbocycles. The molecule has 1 aliphatic heterocycles. The molecule has 1 aliphatic rings. The van der Waals surface area contributed by atoms with Crippen molar-refractivity contribution in [2.45, 2.75) is 18.9 Å². The minimum Gasteiger partial charge on any atom is -0.397 e. The highest BCUT2D eigenvalue weighted by Gasteiger charge is 2.21. The zero-order valence-corrected chi connectivity index (χ0v) is 17.2. The first-order valence-electron chi connectivity index (χ1n) is 9.29. The predicted octanol–water partition coefficient (Wildman–Crippen LogP) is 3.62. The molecule has 29 heavy (non-hydrogen) atoms. The van der Waals surface area contributed by atoms with Gasteiger partial charge in [-0.2, -0.15) is 0 Å². The number of piperidine rings is 1. The Morgan fingerprint density at radius 2 is 2.14 bits per heavy atom. The van der Waals surface area contributed by atoms with Gasteiger partial charge in [-0.1, -0.05) is 11.6 Å². The van der Waals surface area contributed by atoms with Gasteiger partial charge in [-0.05, 0) is 43.2 Å². The van der Waals surface area contributed by atoms with Gasteiger partial charge in [0.2, 0.25) is 0 Å². The van der Waals surface area contributed by atoms with Crippen LogP contribution >= 0.6 is 22.9 Å². The molecule has 3 aromatic rings. The molecule has 150 valence electrons. The first-order valence-corrected chi connectivity index (χ1v) is 10.5. The number of amides is 1. The number of halogens is 1. The normalized spacial score (nSPS) is 16.6. The predicted molar refractivity (Wildman–Crippen MR) is 119 cm³/mol. The Bertz CT molecular complexity index is 1040. The monoisotopic (exact) mass is 428 g/mol. The number of thiophene rings is 1. The highest BCUT2D eigenvalue weighted by atomic mass is 35.5. The molecule has 0 spiro atoms. The van der Waals surface area contributed by atoms with Gasteiger partial charge in [0.25, 0.3) is 5.91 Å². The fourth-order valence-corrected chi connectivity index (χ4v) is 4.42. The first-order chi connectivity index (χ1) is 14.0. The molecular weight excluding hydrogens is 408 g/mol. The van der Waals surface area contributed by atoms with E-state index in [0.717, 1.165) is 36.5 Å². The molecule has 3 aromatic heterocycles. The van der Waals surface area contributed by atoms with E-state index in [0.29, 0.717) is 21.4 Å². The van der Waals surface area contributed by atoms with Crippen molar-refractivity contribution in [3.05, 3.63) is 52.8 Å². The maximum atomic E-state index is 13.0. The lowest BCUT2D eigenvalue weighted by Gasteiger charge is -2.33. The minimum absolute atomic E-state index is 0.118. The molecule has 4 heterocycles. The number of pyridine rings is 2. The van der Waals surface area contributed by atoms with E-state index >= 15 is 0 Å². The summed E-state index contributed by atoms with van der Waals surface area (Å²) in [6.45, 7) is 1.62. The van der Waals surface area contributed by atoms with Gasteiger partial charge in [-0.15, -0.1) is 11.3 Å². The number of rotatable bonds is 4. The van der Waals surface area contributed by atoms with Crippen LogP contribution in [0.5, 0.6) is 0 Å². The van der Waals surface area contributed by atoms with Gasteiger partial charge in [-0.25, -0.2) is 4.98 Å². The van der Waals surface area contributed by atoms with Crippen LogP contribution in [0.25, 0.3) is 10.6 Å². The molecule has 1 fully saturated rings. The van der Waals surface area contributed by atoms with E-state index in [1.54, 1.807) is 30.6 Å². The molecule has 0 aliphatic carbocycles. The SMILES string of the molecule is Nc1ccc(-c2ccc(Cl)s2)nc1C(=O)Nc1cnccc1N1CCC[C@H](N)C1. The quantitative estimate of drug-likeness (QED) is 0.585. The molecule has 1 atom stereocenters. The third-order valence-corrected chi connectivity index (χ3v) is 6.07. The zero-order chi connectivity index (χ0) is 20.4. The molecule has 0 aromatic carbocycles. The van der Waals surface area contributed by atoms with Crippen LogP contribution in [0.1, 0.15) is 23.3 Å². The van der Waals surface area contributed by atoms with Crippen molar-refractivity contribution in [2.24, 2.45) is 5.73 Å². The van der Waals surface area contributed by atoms with Gasteiger partial charge in [0.1, 0.15) is 0 Å². The Morgan fingerprint density at radius 3 is 2.90 bits per heavy atom. The summed E-state index contributed by atoms with van der Waals surface area (Å²) < 4.78 is 0.657. The molecule has 1 amide bonds. The maximum absolute atomic E-state index is 13.0. The van der Waals surface area contributed by atoms with Gasteiger partial charge in [0.05, 0.1) is 38.2 Å². The van der Waals surface area contributed by atoms with E-state index in [-0.39, 0.29) is 17.6 Å². The van der Waals surface area contributed by atoms with Gasteiger partial charge in [0, 0.05) is 25.3 Å². The zero-order valence-electron chi connectivity index (χ0n) is 15.6. The fourth-order valence-electron chi connectivity index (χ4n) is 3.41. The highest BCUT2D eigenvalue weighted by molar-refractivity contribution is 7.19. The topological polar surface area (TPSA) is 110 Å². The average molecular weight is 429 g/mol. The molecule has 1 saturated heterocycles. The third-order valence-electron chi connectivity index (χ3n) is 4.81. The van der Waals surface area contributed by atoms with Crippen LogP contribution in [0, 0.1) is 0 Å². The molecular formula is C20H21ClN6OS. The van der Waals surface area contributed by atoms with Crippen molar-refractivity contribution < 1.29 is 4.79 Å². The van der Waals surface area contributed by atoms with Gasteiger partial charge < -0.3 is 21.7 Å². The molecule has 5 N–H and O–H groups in total. The number of carbonyl (C=O) groups is 1. The Hall–Kier alpha value is -2.68. The second-order valence-corrected chi connectivity index (χ2v) is 8.65. The second-order valence-electron chi connectivity index (χ2n) is 6.93. The maximum Gasteiger partial charge on any atom is 0.276 e. The first kappa shape index (κ1) is 19.6. The van der Waals surface area contributed by atoms with Crippen LogP contribution in [0.15, 0.2) is 42.7 Å². The van der Waals surface area contributed by atoms with Crippen molar-refractivity contribution in [3.63, 3.8) is 0 Å². The van der Waals surface area contributed by atoms with Crippen LogP contribution < -0.4 is 21.7 Å². The summed E-state index contributed by atoms with van der Waals surface area (Å²) in [4.78, 5) is 24.6. The Balaban J connectivity index is 1.60. The number of carbonyl (C=O) groups excluding carboxylic acids is 1. The Labute approximate surface area is 177 Å². The molecule has 0 radical (unpaired) electrons. The van der Waals surface area contributed by atoms with E-state index in [4.69, 9.17) is 23.1 Å². The summed E-state index contributed by atoms with van der Waals surface area (Å²) in [6.07, 6.45) is 5.35. The van der Waals surface area contributed by atoms with Gasteiger partial charge >= 0.3 is 0 Å². The van der Waals surface area contributed by atoms with Crippen LogP contribution in [0.4, 0.5) is 17.1 Å². The number of aromatic nitrogens is 2. The molecule has 7 nitrogen and oxygen atoms in total. The standard InChI is InChI=1S/C20H21ClN6OS/c21-18-6-5-17(29-18)14-4-3-13(23)19(25-14)20(28)26-15-10-24-8-7-16(15)27-9-1-2-12(22)11-27/h3-8,10,12H,1-2,9,11,22-23H2,(H,26,28)/t12-/m0/s1. The highest BCUT2D eigenvalue weighted by Crippen LogP contribution is 2.31. The van der Waals surface area contributed by atoms with Crippen LogP contribution in [-0.2, 0) is 0 Å². The number of hydrogen-bond acceptors (Lipinski definition) is 7. The lowest BCUT2D eigenvalue weighted by molar-refractivity contribution is 0.102.